The van der Waals surface area contributed by atoms with Crippen LogP contribution in [0, 0.1) is 0 Å². The molecule has 0 spiro atoms. The van der Waals surface area contributed by atoms with Crippen molar-refractivity contribution in [2.75, 3.05) is 4.90 Å². The van der Waals surface area contributed by atoms with E-state index in [1.807, 2.05) is 28.7 Å². The standard InChI is InChI=1S/C49H28N2OS3/c1-2-8-30(9-3-1)49-50-48-45(55-49)25-23-41-47(48)39-26-31(16-22-40(39)52-41)29-14-17-32(18-15-29)51(33-20-24-44-38(27-33)36-11-5-7-13-43(36)53-44)34-19-21-37-35-10-4-6-12-42(35)54-46(37)28-34/h1-28H. The van der Waals surface area contributed by atoms with Gasteiger partial charge in [0.05, 0.1) is 15.6 Å². The first kappa shape index (κ1) is 31.1. The number of hydrogen-bond acceptors (Lipinski definition) is 6. The summed E-state index contributed by atoms with van der Waals surface area (Å²) in [7, 11) is 0. The van der Waals surface area contributed by atoms with E-state index >= 15 is 0 Å². The molecule has 0 amide bonds. The second kappa shape index (κ2) is 12.1. The van der Waals surface area contributed by atoms with Crippen molar-refractivity contribution in [3.05, 3.63) is 170 Å². The fourth-order valence-electron chi connectivity index (χ4n) is 8.09. The number of rotatable bonds is 5. The van der Waals surface area contributed by atoms with E-state index < -0.39 is 0 Å². The van der Waals surface area contributed by atoms with Crippen molar-refractivity contribution in [2.24, 2.45) is 0 Å². The number of thiophene rings is 2. The largest absolute Gasteiger partial charge is 0.456 e. The third kappa shape index (κ3) is 4.96. The fraction of sp³-hybridized carbons (Fsp3) is 0. The molecule has 4 heterocycles. The SMILES string of the molecule is c1ccc(-c2nc3c(ccc4oc5ccc(-c6ccc(N(c7ccc8c(c7)sc7ccccc78)c7ccc8sc9ccccc9c8c7)cc6)cc5c43)s2)cc1. The Kier molecular flexibility index (Phi) is 6.84. The van der Waals surface area contributed by atoms with Gasteiger partial charge in [-0.15, -0.1) is 34.0 Å². The smallest absolute Gasteiger partial charge is 0.137 e. The molecule has 8 aromatic carbocycles. The summed E-state index contributed by atoms with van der Waals surface area (Å²) in [5.41, 5.74) is 9.53. The van der Waals surface area contributed by atoms with Crippen LogP contribution in [0.1, 0.15) is 0 Å². The number of nitrogens with zero attached hydrogens (tertiary/aromatic N) is 2. The molecule has 0 saturated heterocycles. The molecule has 0 radical (unpaired) electrons. The Morgan fingerprint density at radius 2 is 1.00 bits per heavy atom. The molecular formula is C49H28N2OS3. The summed E-state index contributed by atoms with van der Waals surface area (Å²) >= 11 is 5.43. The Hall–Kier alpha value is -6.31. The minimum Gasteiger partial charge on any atom is -0.456 e. The summed E-state index contributed by atoms with van der Waals surface area (Å²) in [5.74, 6) is 0. The minimum absolute atomic E-state index is 0.863. The van der Waals surface area contributed by atoms with Gasteiger partial charge in [0.25, 0.3) is 0 Å². The van der Waals surface area contributed by atoms with E-state index in [0.717, 1.165) is 70.9 Å². The quantitative estimate of drug-likeness (QED) is 0.175. The van der Waals surface area contributed by atoms with Crippen molar-refractivity contribution < 1.29 is 4.42 Å². The highest BCUT2D eigenvalue weighted by atomic mass is 32.1. The summed E-state index contributed by atoms with van der Waals surface area (Å²) in [6.07, 6.45) is 0. The number of furan rings is 1. The van der Waals surface area contributed by atoms with Gasteiger partial charge in [-0.3, -0.25) is 0 Å². The van der Waals surface area contributed by atoms with E-state index in [4.69, 9.17) is 9.40 Å². The van der Waals surface area contributed by atoms with Gasteiger partial charge in [-0.25, -0.2) is 4.98 Å². The molecule has 4 aromatic heterocycles. The van der Waals surface area contributed by atoms with Gasteiger partial charge in [-0.2, -0.15) is 0 Å². The molecule has 0 saturated carbocycles. The molecule has 0 atom stereocenters. The van der Waals surface area contributed by atoms with Crippen molar-refractivity contribution in [1.82, 2.24) is 4.98 Å². The number of aromatic nitrogens is 1. The molecule has 0 unspecified atom stereocenters. The molecule has 0 aliphatic heterocycles. The van der Waals surface area contributed by atoms with E-state index in [9.17, 15) is 0 Å². The molecule has 0 N–H and O–H groups in total. The molecule has 55 heavy (non-hydrogen) atoms. The Morgan fingerprint density at radius 1 is 0.382 bits per heavy atom. The van der Waals surface area contributed by atoms with E-state index in [0.29, 0.717) is 0 Å². The van der Waals surface area contributed by atoms with Crippen LogP contribution in [0.4, 0.5) is 17.1 Å². The Bertz CT molecular complexity index is 3440. The highest BCUT2D eigenvalue weighted by molar-refractivity contribution is 7.26. The van der Waals surface area contributed by atoms with Crippen LogP contribution in [0.2, 0.25) is 0 Å². The van der Waals surface area contributed by atoms with E-state index in [2.05, 4.69) is 169 Å². The van der Waals surface area contributed by atoms with E-state index in [-0.39, 0.29) is 0 Å². The molecule has 12 aromatic rings. The van der Waals surface area contributed by atoms with Gasteiger partial charge >= 0.3 is 0 Å². The van der Waals surface area contributed by atoms with Crippen LogP contribution in [0.25, 0.3) is 94.2 Å². The van der Waals surface area contributed by atoms with Crippen LogP contribution < -0.4 is 4.90 Å². The average Bonchev–Trinajstić information content (AvgIpc) is 4.02. The lowest BCUT2D eigenvalue weighted by atomic mass is 10.0. The first-order chi connectivity index (χ1) is 27.2. The zero-order chi connectivity index (χ0) is 36.0. The predicted molar refractivity (Wildman–Crippen MR) is 238 cm³/mol. The maximum Gasteiger partial charge on any atom is 0.137 e. The normalized spacial score (nSPS) is 12.0. The van der Waals surface area contributed by atoms with Gasteiger partial charge in [0.1, 0.15) is 16.2 Å². The summed E-state index contributed by atoms with van der Waals surface area (Å²) in [4.78, 5) is 7.54. The number of fused-ring (bicyclic) bond motifs is 11. The first-order valence-corrected chi connectivity index (χ1v) is 20.7. The lowest BCUT2D eigenvalue weighted by molar-refractivity contribution is 0.669. The number of benzene rings is 8. The topological polar surface area (TPSA) is 29.3 Å². The lowest BCUT2D eigenvalue weighted by Gasteiger charge is -2.26. The maximum atomic E-state index is 6.38. The molecule has 0 aliphatic carbocycles. The maximum absolute atomic E-state index is 6.38. The molecule has 0 bridgehead atoms. The summed E-state index contributed by atoms with van der Waals surface area (Å²) < 4.78 is 12.7. The highest BCUT2D eigenvalue weighted by Crippen LogP contribution is 2.44. The first-order valence-electron chi connectivity index (χ1n) is 18.3. The van der Waals surface area contributed by atoms with Gasteiger partial charge in [0.2, 0.25) is 0 Å². The second-order valence-electron chi connectivity index (χ2n) is 13.9. The van der Waals surface area contributed by atoms with Crippen molar-refractivity contribution in [3.8, 4) is 21.7 Å². The second-order valence-corrected chi connectivity index (χ2v) is 17.1. The zero-order valence-corrected chi connectivity index (χ0v) is 31.6. The van der Waals surface area contributed by atoms with Crippen LogP contribution >= 0.6 is 34.0 Å². The Labute approximate surface area is 327 Å². The van der Waals surface area contributed by atoms with Crippen LogP contribution in [-0.2, 0) is 0 Å². The molecular weight excluding hydrogens is 729 g/mol. The lowest BCUT2D eigenvalue weighted by Crippen LogP contribution is -2.09. The predicted octanol–water partition coefficient (Wildman–Crippen LogP) is 15.7. The van der Waals surface area contributed by atoms with Crippen LogP contribution in [-0.4, -0.2) is 4.98 Å². The minimum atomic E-state index is 0.863. The summed E-state index contributed by atoms with van der Waals surface area (Å²) in [6, 6.07) is 61.4. The summed E-state index contributed by atoms with van der Waals surface area (Å²) in [6.45, 7) is 0. The van der Waals surface area contributed by atoms with Gasteiger partial charge < -0.3 is 9.32 Å². The number of anilines is 3. The van der Waals surface area contributed by atoms with Crippen molar-refractivity contribution in [1.29, 1.82) is 0 Å². The highest BCUT2D eigenvalue weighted by Gasteiger charge is 2.19. The van der Waals surface area contributed by atoms with Crippen molar-refractivity contribution in [3.63, 3.8) is 0 Å². The van der Waals surface area contributed by atoms with Gasteiger partial charge in [0, 0.05) is 68.4 Å². The van der Waals surface area contributed by atoms with E-state index in [1.165, 1.54) is 40.3 Å². The monoisotopic (exact) mass is 756 g/mol. The van der Waals surface area contributed by atoms with E-state index in [1.54, 1.807) is 11.3 Å². The van der Waals surface area contributed by atoms with Gasteiger partial charge in [-0.1, -0.05) is 91.0 Å². The van der Waals surface area contributed by atoms with Crippen LogP contribution in [0.15, 0.2) is 174 Å². The fourth-order valence-corrected chi connectivity index (χ4v) is 11.3. The van der Waals surface area contributed by atoms with Crippen LogP contribution in [0.3, 0.4) is 0 Å². The zero-order valence-electron chi connectivity index (χ0n) is 29.2. The Balaban J connectivity index is 0.984. The molecule has 0 fully saturated rings. The number of thiazole rings is 1. The molecule has 258 valence electrons. The van der Waals surface area contributed by atoms with Crippen LogP contribution in [0.5, 0.6) is 0 Å². The number of hydrogen-bond donors (Lipinski definition) is 0. The third-order valence-electron chi connectivity index (χ3n) is 10.7. The van der Waals surface area contributed by atoms with Gasteiger partial charge in [-0.05, 0) is 90.0 Å². The van der Waals surface area contributed by atoms with Crippen molar-refractivity contribution >= 4 is 124 Å². The third-order valence-corrected chi connectivity index (χ3v) is 14.1. The molecule has 3 nitrogen and oxygen atoms in total. The molecule has 12 rings (SSSR count). The average molecular weight is 757 g/mol. The molecule has 6 heteroatoms. The van der Waals surface area contributed by atoms with Gasteiger partial charge in [0.15, 0.2) is 0 Å². The Morgan fingerprint density at radius 3 is 1.84 bits per heavy atom. The summed E-state index contributed by atoms with van der Waals surface area (Å²) in [5, 5.41) is 8.37. The van der Waals surface area contributed by atoms with Crippen molar-refractivity contribution in [2.45, 2.75) is 0 Å². The molecule has 0 aliphatic rings.